The molecule has 0 bridgehead atoms. The van der Waals surface area contributed by atoms with Crippen LogP contribution in [0.2, 0.25) is 0 Å². The highest BCUT2D eigenvalue weighted by atomic mass is 16.5. The molecule has 1 aliphatic heterocycles. The van der Waals surface area contributed by atoms with Gasteiger partial charge in [-0.3, -0.25) is 9.69 Å². The minimum atomic E-state index is 0.139. The van der Waals surface area contributed by atoms with Crippen LogP contribution >= 0.6 is 0 Å². The fourth-order valence-electron chi connectivity index (χ4n) is 5.34. The molecule has 7 heteroatoms. The summed E-state index contributed by atoms with van der Waals surface area (Å²) in [4.78, 5) is 23.5. The van der Waals surface area contributed by atoms with E-state index in [9.17, 15) is 10.1 Å². The smallest absolute Gasteiger partial charge is 0.241 e. The lowest BCUT2D eigenvalue weighted by atomic mass is 10.1. The summed E-state index contributed by atoms with van der Waals surface area (Å²) in [5.41, 5.74) is 3.97. The molecule has 1 fully saturated rings. The number of benzene rings is 2. The number of methoxy groups -OCH3 is 1. The quantitative estimate of drug-likeness (QED) is 0.408. The number of piperazine rings is 1. The van der Waals surface area contributed by atoms with E-state index in [4.69, 9.17) is 4.74 Å². The molecular formula is C30H39N5O2. The largest absolute Gasteiger partial charge is 0.497 e. The van der Waals surface area contributed by atoms with E-state index in [2.05, 4.69) is 40.9 Å². The first kappa shape index (κ1) is 26.7. The fraction of sp³-hybridized carbons (Fsp3) is 0.467. The number of carbonyl (C=O) groups is 1. The number of nitrogens with zero attached hydrogens (tertiary/aromatic N) is 4. The van der Waals surface area contributed by atoms with Gasteiger partial charge in [-0.2, -0.15) is 5.26 Å². The van der Waals surface area contributed by atoms with E-state index in [0.717, 1.165) is 80.7 Å². The monoisotopic (exact) mass is 501 g/mol. The maximum absolute atomic E-state index is 13.5. The Labute approximate surface area is 220 Å². The van der Waals surface area contributed by atoms with Crippen LogP contribution in [-0.4, -0.2) is 73.1 Å². The zero-order valence-electron chi connectivity index (χ0n) is 22.4. The minimum absolute atomic E-state index is 0.139. The Morgan fingerprint density at radius 2 is 1.95 bits per heavy atom. The van der Waals surface area contributed by atoms with Crippen molar-refractivity contribution in [3.8, 4) is 11.8 Å². The molecule has 1 saturated heterocycles. The van der Waals surface area contributed by atoms with Crippen LogP contribution in [0.5, 0.6) is 5.75 Å². The number of H-pyrrole nitrogens is 1. The lowest BCUT2D eigenvalue weighted by Crippen LogP contribution is -2.51. The Kier molecular flexibility index (Phi) is 9.21. The van der Waals surface area contributed by atoms with Gasteiger partial charge in [-0.25, -0.2) is 0 Å². The van der Waals surface area contributed by atoms with E-state index < -0.39 is 0 Å². The third-order valence-corrected chi connectivity index (χ3v) is 7.39. The average Bonchev–Trinajstić information content (AvgIpc) is 3.32. The maximum Gasteiger partial charge on any atom is 0.241 e. The van der Waals surface area contributed by atoms with Crippen LogP contribution in [0.25, 0.3) is 10.9 Å². The molecular weight excluding hydrogens is 462 g/mol. The molecule has 1 amide bonds. The van der Waals surface area contributed by atoms with Crippen LogP contribution in [0.15, 0.2) is 48.7 Å². The SMILES string of the molecule is CCCC(C)N(C(=O)CN1CCN(CCCc2c[nH]c3ccc(C#N)cc23)CC1)c1cccc(OC)c1. The van der Waals surface area contributed by atoms with Crippen molar-refractivity contribution in [2.24, 2.45) is 0 Å². The van der Waals surface area contributed by atoms with Crippen LogP contribution in [0.1, 0.15) is 44.2 Å². The standard InChI is InChI=1S/C30H39N5O2/c1-4-7-23(2)35(26-9-5-10-27(19-26)37-3)30(36)22-34-16-14-33(15-17-34)13-6-8-25-21-32-29-12-11-24(20-31)18-28(25)29/h5,9-12,18-19,21,23,32H,4,6-8,13-17,22H2,1-3H3. The lowest BCUT2D eigenvalue weighted by Gasteiger charge is -2.36. The second-order valence-electron chi connectivity index (χ2n) is 10.0. The Bertz CT molecular complexity index is 1220. The zero-order valence-corrected chi connectivity index (χ0v) is 22.4. The van der Waals surface area contributed by atoms with E-state index in [0.29, 0.717) is 12.1 Å². The first-order chi connectivity index (χ1) is 18.0. The Morgan fingerprint density at radius 1 is 1.16 bits per heavy atom. The van der Waals surface area contributed by atoms with Gasteiger partial charge < -0.3 is 19.5 Å². The van der Waals surface area contributed by atoms with Gasteiger partial charge in [-0.15, -0.1) is 0 Å². The summed E-state index contributed by atoms with van der Waals surface area (Å²) in [5, 5.41) is 10.4. The van der Waals surface area contributed by atoms with Gasteiger partial charge in [0.05, 0.1) is 25.3 Å². The number of aromatic amines is 1. The summed E-state index contributed by atoms with van der Waals surface area (Å²) in [5.74, 6) is 0.921. The number of amides is 1. The third-order valence-electron chi connectivity index (χ3n) is 7.39. The molecule has 0 aliphatic carbocycles. The second-order valence-corrected chi connectivity index (χ2v) is 10.0. The number of ether oxygens (including phenoxy) is 1. The van der Waals surface area contributed by atoms with E-state index in [-0.39, 0.29) is 11.9 Å². The highest BCUT2D eigenvalue weighted by molar-refractivity contribution is 5.95. The highest BCUT2D eigenvalue weighted by Gasteiger charge is 2.26. The molecule has 1 aromatic heterocycles. The van der Waals surface area contributed by atoms with Gasteiger partial charge >= 0.3 is 0 Å². The summed E-state index contributed by atoms with van der Waals surface area (Å²) < 4.78 is 5.40. The predicted molar refractivity (Wildman–Crippen MR) is 149 cm³/mol. The first-order valence-electron chi connectivity index (χ1n) is 13.4. The normalized spacial score (nSPS) is 15.4. The molecule has 0 saturated carbocycles. The number of nitriles is 1. The Morgan fingerprint density at radius 3 is 2.68 bits per heavy atom. The predicted octanol–water partition coefficient (Wildman–Crippen LogP) is 4.82. The number of fused-ring (bicyclic) bond motifs is 1. The van der Waals surface area contributed by atoms with E-state index in [1.807, 2.05) is 47.4 Å². The molecule has 37 heavy (non-hydrogen) atoms. The van der Waals surface area contributed by atoms with Crippen LogP contribution in [0, 0.1) is 11.3 Å². The van der Waals surface area contributed by atoms with Crippen molar-refractivity contribution in [1.29, 1.82) is 5.26 Å². The van der Waals surface area contributed by atoms with Crippen LogP contribution in [-0.2, 0) is 11.2 Å². The molecule has 2 aromatic carbocycles. The summed E-state index contributed by atoms with van der Waals surface area (Å²) >= 11 is 0. The topological polar surface area (TPSA) is 75.6 Å². The maximum atomic E-state index is 13.5. The molecule has 1 N–H and O–H groups in total. The minimum Gasteiger partial charge on any atom is -0.497 e. The summed E-state index contributed by atoms with van der Waals surface area (Å²) in [6.45, 7) is 9.52. The number of aromatic nitrogens is 1. The van der Waals surface area contributed by atoms with Crippen molar-refractivity contribution in [3.05, 3.63) is 59.8 Å². The van der Waals surface area contributed by atoms with Crippen LogP contribution in [0.3, 0.4) is 0 Å². The highest BCUT2D eigenvalue weighted by Crippen LogP contribution is 2.25. The number of aryl methyl sites for hydroxylation is 1. The summed E-state index contributed by atoms with van der Waals surface area (Å²) in [6, 6.07) is 16.0. The van der Waals surface area contributed by atoms with Gasteiger partial charge in [0.2, 0.25) is 5.91 Å². The number of hydrogen-bond donors (Lipinski definition) is 1. The number of rotatable bonds is 11. The van der Waals surface area contributed by atoms with Crippen molar-refractivity contribution >= 4 is 22.5 Å². The number of nitrogens with one attached hydrogen (secondary N) is 1. The molecule has 1 unspecified atom stereocenters. The van der Waals surface area contributed by atoms with E-state index >= 15 is 0 Å². The molecule has 7 nitrogen and oxygen atoms in total. The second kappa shape index (κ2) is 12.8. The molecule has 4 rings (SSSR count). The molecule has 2 heterocycles. The fourth-order valence-corrected chi connectivity index (χ4v) is 5.34. The van der Waals surface area contributed by atoms with Crippen molar-refractivity contribution in [2.75, 3.05) is 51.3 Å². The molecule has 0 spiro atoms. The Hall–Kier alpha value is -3.34. The molecule has 1 aliphatic rings. The van der Waals surface area contributed by atoms with Crippen LogP contribution < -0.4 is 9.64 Å². The van der Waals surface area contributed by atoms with Crippen molar-refractivity contribution in [3.63, 3.8) is 0 Å². The number of hydrogen-bond acceptors (Lipinski definition) is 5. The molecule has 3 aromatic rings. The average molecular weight is 502 g/mol. The molecule has 1 atom stereocenters. The summed E-state index contributed by atoms with van der Waals surface area (Å²) in [7, 11) is 1.66. The van der Waals surface area contributed by atoms with Gasteiger partial charge in [0, 0.05) is 61.1 Å². The first-order valence-corrected chi connectivity index (χ1v) is 13.4. The van der Waals surface area contributed by atoms with Gasteiger partial charge in [0.1, 0.15) is 5.75 Å². The van der Waals surface area contributed by atoms with Crippen LogP contribution in [0.4, 0.5) is 5.69 Å². The summed E-state index contributed by atoms with van der Waals surface area (Å²) in [6.07, 6.45) is 6.12. The van der Waals surface area contributed by atoms with Gasteiger partial charge in [-0.05, 0) is 68.6 Å². The molecule has 196 valence electrons. The molecule has 0 radical (unpaired) electrons. The van der Waals surface area contributed by atoms with E-state index in [1.54, 1.807) is 7.11 Å². The third kappa shape index (κ3) is 6.71. The number of anilines is 1. The van der Waals surface area contributed by atoms with E-state index in [1.165, 1.54) is 5.56 Å². The Balaban J connectivity index is 1.28. The van der Waals surface area contributed by atoms with Gasteiger partial charge in [-0.1, -0.05) is 19.4 Å². The van der Waals surface area contributed by atoms with Gasteiger partial charge in [0.15, 0.2) is 0 Å². The van der Waals surface area contributed by atoms with Crippen molar-refractivity contribution in [2.45, 2.75) is 45.6 Å². The van der Waals surface area contributed by atoms with Crippen molar-refractivity contribution in [1.82, 2.24) is 14.8 Å². The zero-order chi connectivity index (χ0) is 26.2. The number of carbonyl (C=O) groups excluding carboxylic acids is 1. The lowest BCUT2D eigenvalue weighted by molar-refractivity contribution is -0.120. The van der Waals surface area contributed by atoms with Gasteiger partial charge in [0.25, 0.3) is 0 Å². The van der Waals surface area contributed by atoms with Crippen molar-refractivity contribution < 1.29 is 9.53 Å².